The van der Waals surface area contributed by atoms with E-state index in [9.17, 15) is 22.8 Å². The van der Waals surface area contributed by atoms with Crippen molar-refractivity contribution in [1.29, 1.82) is 0 Å². The number of halogens is 3. The molecule has 1 amide bonds. The molecule has 0 radical (unpaired) electrons. The molecule has 1 aromatic heterocycles. The summed E-state index contributed by atoms with van der Waals surface area (Å²) in [6, 6.07) is 15.6. The first-order valence-corrected chi connectivity index (χ1v) is 11.2. The molecule has 0 saturated carbocycles. The summed E-state index contributed by atoms with van der Waals surface area (Å²) in [5.41, 5.74) is 0.0108. The third kappa shape index (κ3) is 6.38. The molecule has 0 aliphatic carbocycles. The Hall–Kier alpha value is -3.33. The van der Waals surface area contributed by atoms with Crippen LogP contribution < -0.4 is 10.1 Å². The van der Waals surface area contributed by atoms with Crippen LogP contribution in [-0.4, -0.2) is 25.5 Å². The zero-order valence-electron chi connectivity index (χ0n) is 18.9. The molecule has 1 N–H and O–H groups in total. The first-order valence-electron chi connectivity index (χ1n) is 10.4. The number of hydrogen-bond acceptors (Lipinski definition) is 5. The highest BCUT2D eigenvalue weighted by atomic mass is 32.1. The van der Waals surface area contributed by atoms with Crippen LogP contribution in [0.25, 0.3) is 11.1 Å². The van der Waals surface area contributed by atoms with E-state index >= 15 is 0 Å². The number of alkyl halides is 3. The second-order valence-electron chi connectivity index (χ2n) is 7.96. The number of carbonyl (C=O) groups is 2. The van der Waals surface area contributed by atoms with Gasteiger partial charge in [0, 0.05) is 11.4 Å². The number of methoxy groups -OCH3 is 1. The van der Waals surface area contributed by atoms with Gasteiger partial charge >= 0.3 is 12.1 Å². The Bertz CT molecular complexity index is 1140. The Morgan fingerprint density at radius 2 is 1.50 bits per heavy atom. The summed E-state index contributed by atoms with van der Waals surface area (Å²) in [7, 11) is 1.29. The number of nitrogens with one attached hydrogen (secondary N) is 1. The predicted molar refractivity (Wildman–Crippen MR) is 124 cm³/mol. The van der Waals surface area contributed by atoms with Gasteiger partial charge in [0.1, 0.15) is 11.4 Å². The molecule has 0 unspecified atom stereocenters. The van der Waals surface area contributed by atoms with Gasteiger partial charge in [0.05, 0.1) is 24.0 Å². The van der Waals surface area contributed by atoms with Crippen molar-refractivity contribution in [3.63, 3.8) is 0 Å². The summed E-state index contributed by atoms with van der Waals surface area (Å²) in [4.78, 5) is 24.8. The molecule has 0 aliphatic heterocycles. The van der Waals surface area contributed by atoms with Gasteiger partial charge in [-0.15, -0.1) is 11.3 Å². The van der Waals surface area contributed by atoms with E-state index in [1.807, 2.05) is 19.9 Å². The number of thiophene rings is 1. The van der Waals surface area contributed by atoms with Crippen LogP contribution >= 0.6 is 11.3 Å². The molecule has 2 aromatic carbocycles. The zero-order valence-corrected chi connectivity index (χ0v) is 19.7. The summed E-state index contributed by atoms with van der Waals surface area (Å²) >= 11 is 1.29. The standard InChI is InChI=1S/C25H24F3NO4S/c1-24(2,21-13-12-20(34-21)23(31)29-15-14-22(30)32-3)33-19-10-6-17(7-11-19)16-4-8-18(9-5-16)25(26,27)28/h4-13H,14-15H2,1-3H3,(H,29,31). The van der Waals surface area contributed by atoms with Gasteiger partial charge in [-0.1, -0.05) is 24.3 Å². The van der Waals surface area contributed by atoms with Gasteiger partial charge in [0.25, 0.3) is 5.91 Å². The van der Waals surface area contributed by atoms with Gasteiger partial charge in [-0.2, -0.15) is 13.2 Å². The SMILES string of the molecule is COC(=O)CCNC(=O)c1ccc(C(C)(C)Oc2ccc(-c3ccc(C(F)(F)F)cc3)cc2)s1. The second-order valence-corrected chi connectivity index (χ2v) is 9.04. The van der Waals surface area contributed by atoms with E-state index in [1.54, 1.807) is 30.3 Å². The Balaban J connectivity index is 1.64. The summed E-state index contributed by atoms with van der Waals surface area (Å²) < 4.78 is 49.0. The number of esters is 1. The molecule has 0 bridgehead atoms. The second kappa shape index (κ2) is 10.3. The van der Waals surface area contributed by atoms with Gasteiger partial charge in [-0.25, -0.2) is 0 Å². The van der Waals surface area contributed by atoms with E-state index in [2.05, 4.69) is 10.1 Å². The van der Waals surface area contributed by atoms with Crippen LogP contribution in [0.3, 0.4) is 0 Å². The molecule has 0 spiro atoms. The van der Waals surface area contributed by atoms with Crippen LogP contribution in [0.15, 0.2) is 60.7 Å². The summed E-state index contributed by atoms with van der Waals surface area (Å²) in [6.07, 6.45) is -4.27. The Kier molecular flexibility index (Phi) is 7.66. The Labute approximate surface area is 199 Å². The minimum Gasteiger partial charge on any atom is -0.482 e. The van der Waals surface area contributed by atoms with E-state index < -0.39 is 23.3 Å². The molecule has 180 valence electrons. The van der Waals surface area contributed by atoms with Crippen LogP contribution in [-0.2, 0) is 21.3 Å². The predicted octanol–water partition coefficient (Wildman–Crippen LogP) is 6.04. The van der Waals surface area contributed by atoms with E-state index in [-0.39, 0.29) is 18.9 Å². The number of benzene rings is 2. The third-order valence-corrected chi connectivity index (χ3v) is 6.43. The lowest BCUT2D eigenvalue weighted by Crippen LogP contribution is -2.26. The highest BCUT2D eigenvalue weighted by Crippen LogP contribution is 2.34. The molecule has 3 rings (SSSR count). The topological polar surface area (TPSA) is 64.6 Å². The lowest BCUT2D eigenvalue weighted by atomic mass is 10.0. The lowest BCUT2D eigenvalue weighted by molar-refractivity contribution is -0.140. The first kappa shape index (κ1) is 25.3. The average molecular weight is 492 g/mol. The molecule has 3 aromatic rings. The zero-order chi connectivity index (χ0) is 24.9. The summed E-state index contributed by atoms with van der Waals surface area (Å²) in [6.45, 7) is 3.94. The maximum Gasteiger partial charge on any atom is 0.416 e. The van der Waals surface area contributed by atoms with Crippen LogP contribution in [0.2, 0.25) is 0 Å². The molecule has 5 nitrogen and oxygen atoms in total. The fraction of sp³-hybridized carbons (Fsp3) is 0.280. The van der Waals surface area contributed by atoms with Gasteiger partial charge in [-0.3, -0.25) is 9.59 Å². The first-order chi connectivity index (χ1) is 16.0. The van der Waals surface area contributed by atoms with Crippen molar-refractivity contribution in [2.45, 2.75) is 32.0 Å². The fourth-order valence-corrected chi connectivity index (χ4v) is 4.12. The maximum atomic E-state index is 12.8. The van der Waals surface area contributed by atoms with Crippen molar-refractivity contribution >= 4 is 23.2 Å². The van der Waals surface area contributed by atoms with Crippen molar-refractivity contribution in [2.24, 2.45) is 0 Å². The normalized spacial score (nSPS) is 11.7. The number of ether oxygens (including phenoxy) is 2. The quantitative estimate of drug-likeness (QED) is 0.390. The molecule has 1 heterocycles. The average Bonchev–Trinajstić information content (AvgIpc) is 3.30. The van der Waals surface area contributed by atoms with Gasteiger partial charge in [0.2, 0.25) is 0 Å². The van der Waals surface area contributed by atoms with E-state index in [4.69, 9.17) is 4.74 Å². The highest BCUT2D eigenvalue weighted by Gasteiger charge is 2.30. The molecule has 0 atom stereocenters. The summed E-state index contributed by atoms with van der Waals surface area (Å²) in [5.74, 6) is -0.0963. The smallest absolute Gasteiger partial charge is 0.416 e. The number of hydrogen-bond donors (Lipinski definition) is 1. The van der Waals surface area contributed by atoms with Gasteiger partial charge in [0.15, 0.2) is 0 Å². The molecule has 0 aliphatic rings. The monoisotopic (exact) mass is 491 g/mol. The van der Waals surface area contributed by atoms with Gasteiger partial charge in [-0.05, 0) is 61.4 Å². The van der Waals surface area contributed by atoms with E-state index in [1.165, 1.54) is 30.6 Å². The number of rotatable bonds is 8. The number of carbonyl (C=O) groups excluding carboxylic acids is 2. The van der Waals surface area contributed by atoms with Crippen molar-refractivity contribution in [1.82, 2.24) is 5.32 Å². The van der Waals surface area contributed by atoms with Crippen LogP contribution in [0.4, 0.5) is 13.2 Å². The van der Waals surface area contributed by atoms with Crippen LogP contribution in [0, 0.1) is 0 Å². The minimum atomic E-state index is -4.37. The molecule has 9 heteroatoms. The van der Waals surface area contributed by atoms with Crippen molar-refractivity contribution in [3.05, 3.63) is 76.0 Å². The fourth-order valence-electron chi connectivity index (χ4n) is 3.16. The third-order valence-electron chi connectivity index (χ3n) is 5.04. The minimum absolute atomic E-state index is 0.0948. The molecule has 0 saturated heterocycles. The van der Waals surface area contributed by atoms with Crippen LogP contribution in [0.1, 0.15) is 40.4 Å². The lowest BCUT2D eigenvalue weighted by Gasteiger charge is -2.25. The number of amides is 1. The van der Waals surface area contributed by atoms with Crippen LogP contribution in [0.5, 0.6) is 5.75 Å². The van der Waals surface area contributed by atoms with E-state index in [0.717, 1.165) is 22.6 Å². The van der Waals surface area contributed by atoms with E-state index in [0.29, 0.717) is 16.2 Å². The van der Waals surface area contributed by atoms with Gasteiger partial charge < -0.3 is 14.8 Å². The highest BCUT2D eigenvalue weighted by molar-refractivity contribution is 7.14. The van der Waals surface area contributed by atoms with Crippen molar-refractivity contribution in [3.8, 4) is 16.9 Å². The molecular formula is C25H24F3NO4S. The van der Waals surface area contributed by atoms with Crippen molar-refractivity contribution < 1.29 is 32.2 Å². The Morgan fingerprint density at radius 3 is 2.06 bits per heavy atom. The molecule has 34 heavy (non-hydrogen) atoms. The largest absolute Gasteiger partial charge is 0.482 e. The molecular weight excluding hydrogens is 467 g/mol. The van der Waals surface area contributed by atoms with Crippen molar-refractivity contribution in [2.75, 3.05) is 13.7 Å². The Morgan fingerprint density at radius 1 is 0.912 bits per heavy atom. The maximum absolute atomic E-state index is 12.8. The molecule has 0 fully saturated rings. The summed E-state index contributed by atoms with van der Waals surface area (Å²) in [5, 5.41) is 2.68.